The van der Waals surface area contributed by atoms with Crippen LogP contribution in [0.2, 0.25) is 0 Å². The third-order valence-corrected chi connectivity index (χ3v) is 4.44. The van der Waals surface area contributed by atoms with E-state index in [0.29, 0.717) is 17.9 Å². The molecule has 0 aromatic heterocycles. The summed E-state index contributed by atoms with van der Waals surface area (Å²) in [5, 5.41) is 12.5. The Morgan fingerprint density at radius 1 is 1.15 bits per heavy atom. The Labute approximate surface area is 153 Å². The Morgan fingerprint density at radius 2 is 1.81 bits per heavy atom. The minimum Gasteiger partial charge on any atom is -0.490 e. The van der Waals surface area contributed by atoms with Crippen LogP contribution in [0.4, 0.5) is 11.4 Å². The van der Waals surface area contributed by atoms with Crippen LogP contribution in [-0.4, -0.2) is 36.8 Å². The molecule has 2 N–H and O–H groups in total. The molecule has 0 spiro atoms. The van der Waals surface area contributed by atoms with Crippen LogP contribution in [0.3, 0.4) is 0 Å². The first-order chi connectivity index (χ1) is 12.7. The highest BCUT2D eigenvalue weighted by atomic mass is 16.5. The Bertz CT molecular complexity index is 733. The molecule has 1 saturated heterocycles. The largest absolute Gasteiger partial charge is 0.490 e. The zero-order valence-corrected chi connectivity index (χ0v) is 14.7. The summed E-state index contributed by atoms with van der Waals surface area (Å²) in [5.41, 5.74) is 2.44. The van der Waals surface area contributed by atoms with Crippen LogP contribution in [0.5, 0.6) is 5.75 Å². The van der Waals surface area contributed by atoms with Crippen molar-refractivity contribution in [3.05, 3.63) is 66.7 Å². The molecule has 5 nitrogen and oxygen atoms in total. The molecule has 0 atom stereocenters. The topological polar surface area (TPSA) is 61.8 Å². The highest BCUT2D eigenvalue weighted by Gasteiger charge is 2.17. The SMILES string of the molecule is C=CCOc1ccc(C(=O)Nc2ccc(N3CCC(O)CC3)cc2)cc1. The second-order valence-corrected chi connectivity index (χ2v) is 6.34. The normalized spacial score (nSPS) is 14.7. The quantitative estimate of drug-likeness (QED) is 0.782. The van der Waals surface area contributed by atoms with E-state index in [0.717, 1.165) is 37.3 Å². The number of ether oxygens (including phenoxy) is 1. The average molecular weight is 352 g/mol. The number of carbonyl (C=O) groups is 1. The Hall–Kier alpha value is -2.79. The molecule has 0 bridgehead atoms. The molecule has 0 aliphatic carbocycles. The van der Waals surface area contributed by atoms with Gasteiger partial charge in [-0.15, -0.1) is 0 Å². The number of rotatable bonds is 6. The van der Waals surface area contributed by atoms with Crippen LogP contribution in [0, 0.1) is 0 Å². The molecule has 1 amide bonds. The average Bonchev–Trinajstić information content (AvgIpc) is 2.68. The summed E-state index contributed by atoms with van der Waals surface area (Å²) in [6.07, 6.45) is 3.09. The summed E-state index contributed by atoms with van der Waals surface area (Å²) >= 11 is 0. The number of piperidine rings is 1. The van der Waals surface area contributed by atoms with E-state index in [1.165, 1.54) is 0 Å². The second kappa shape index (κ2) is 8.54. The summed E-state index contributed by atoms with van der Waals surface area (Å²) in [6, 6.07) is 14.8. The zero-order valence-electron chi connectivity index (χ0n) is 14.7. The van der Waals surface area contributed by atoms with Gasteiger partial charge in [0, 0.05) is 30.0 Å². The van der Waals surface area contributed by atoms with Crippen molar-refractivity contribution in [2.45, 2.75) is 18.9 Å². The number of amides is 1. The fraction of sp³-hybridized carbons (Fsp3) is 0.286. The number of benzene rings is 2. The second-order valence-electron chi connectivity index (χ2n) is 6.34. The molecule has 3 rings (SSSR count). The van der Waals surface area contributed by atoms with Crippen LogP contribution >= 0.6 is 0 Å². The number of anilines is 2. The van der Waals surface area contributed by atoms with E-state index in [1.807, 2.05) is 24.3 Å². The van der Waals surface area contributed by atoms with E-state index >= 15 is 0 Å². The Kier molecular flexibility index (Phi) is 5.92. The van der Waals surface area contributed by atoms with E-state index in [1.54, 1.807) is 30.3 Å². The van der Waals surface area contributed by atoms with E-state index in [-0.39, 0.29) is 12.0 Å². The van der Waals surface area contributed by atoms with Gasteiger partial charge < -0.3 is 20.1 Å². The number of nitrogens with zero attached hydrogens (tertiary/aromatic N) is 1. The molecule has 0 radical (unpaired) electrons. The Balaban J connectivity index is 1.58. The van der Waals surface area contributed by atoms with Gasteiger partial charge in [0.2, 0.25) is 0 Å². The van der Waals surface area contributed by atoms with E-state index in [2.05, 4.69) is 16.8 Å². The summed E-state index contributed by atoms with van der Waals surface area (Å²) in [7, 11) is 0. The van der Waals surface area contributed by atoms with Crippen LogP contribution in [-0.2, 0) is 0 Å². The number of carbonyl (C=O) groups excluding carboxylic acids is 1. The predicted molar refractivity (Wildman–Crippen MR) is 104 cm³/mol. The molecular formula is C21H24N2O3. The first kappa shape index (κ1) is 18.0. The van der Waals surface area contributed by atoms with Crippen molar-refractivity contribution >= 4 is 17.3 Å². The fourth-order valence-electron chi connectivity index (χ4n) is 2.94. The summed E-state index contributed by atoms with van der Waals surface area (Å²) in [5.74, 6) is 0.548. The number of hydrogen-bond acceptors (Lipinski definition) is 4. The maximum atomic E-state index is 12.4. The van der Waals surface area contributed by atoms with Crippen molar-refractivity contribution in [3.63, 3.8) is 0 Å². The van der Waals surface area contributed by atoms with Crippen molar-refractivity contribution in [2.24, 2.45) is 0 Å². The monoisotopic (exact) mass is 352 g/mol. The maximum Gasteiger partial charge on any atom is 0.255 e. The summed E-state index contributed by atoms with van der Waals surface area (Å²) in [4.78, 5) is 14.6. The lowest BCUT2D eigenvalue weighted by atomic mass is 10.1. The highest BCUT2D eigenvalue weighted by Crippen LogP contribution is 2.22. The molecular weight excluding hydrogens is 328 g/mol. The fourth-order valence-corrected chi connectivity index (χ4v) is 2.94. The minimum atomic E-state index is -0.182. The van der Waals surface area contributed by atoms with Crippen molar-refractivity contribution < 1.29 is 14.6 Å². The molecule has 2 aromatic rings. The zero-order chi connectivity index (χ0) is 18.4. The lowest BCUT2D eigenvalue weighted by molar-refractivity contribution is 0.102. The molecule has 136 valence electrons. The number of aliphatic hydroxyl groups excluding tert-OH is 1. The summed E-state index contributed by atoms with van der Waals surface area (Å²) < 4.78 is 5.42. The smallest absolute Gasteiger partial charge is 0.255 e. The van der Waals surface area contributed by atoms with Gasteiger partial charge in [-0.25, -0.2) is 0 Å². The molecule has 1 aliphatic heterocycles. The van der Waals surface area contributed by atoms with Crippen LogP contribution in [0.1, 0.15) is 23.2 Å². The van der Waals surface area contributed by atoms with E-state index < -0.39 is 0 Å². The molecule has 26 heavy (non-hydrogen) atoms. The van der Waals surface area contributed by atoms with E-state index in [9.17, 15) is 9.90 Å². The predicted octanol–water partition coefficient (Wildman–Crippen LogP) is 3.46. The van der Waals surface area contributed by atoms with Crippen LogP contribution in [0.25, 0.3) is 0 Å². The lowest BCUT2D eigenvalue weighted by Gasteiger charge is -2.31. The first-order valence-electron chi connectivity index (χ1n) is 8.84. The molecule has 0 unspecified atom stereocenters. The number of hydrogen-bond donors (Lipinski definition) is 2. The lowest BCUT2D eigenvalue weighted by Crippen LogP contribution is -2.35. The molecule has 0 saturated carbocycles. The maximum absolute atomic E-state index is 12.4. The van der Waals surface area contributed by atoms with Gasteiger partial charge in [-0.3, -0.25) is 4.79 Å². The van der Waals surface area contributed by atoms with Crippen molar-refractivity contribution in [1.29, 1.82) is 0 Å². The third kappa shape index (κ3) is 4.64. The van der Waals surface area contributed by atoms with Gasteiger partial charge in [0.25, 0.3) is 5.91 Å². The molecule has 2 aromatic carbocycles. The highest BCUT2D eigenvalue weighted by molar-refractivity contribution is 6.04. The number of aliphatic hydroxyl groups is 1. The van der Waals surface area contributed by atoms with Gasteiger partial charge in [-0.05, 0) is 61.4 Å². The van der Waals surface area contributed by atoms with Crippen LogP contribution < -0.4 is 15.0 Å². The minimum absolute atomic E-state index is 0.158. The van der Waals surface area contributed by atoms with Gasteiger partial charge in [-0.2, -0.15) is 0 Å². The molecule has 1 fully saturated rings. The standard InChI is InChI=1S/C21H24N2O3/c1-2-15-26-20-9-3-16(4-10-20)21(25)22-17-5-7-18(8-6-17)23-13-11-19(24)12-14-23/h2-10,19,24H,1,11-15H2,(H,22,25). The van der Waals surface area contributed by atoms with Crippen molar-refractivity contribution in [3.8, 4) is 5.75 Å². The van der Waals surface area contributed by atoms with Gasteiger partial charge in [0.1, 0.15) is 12.4 Å². The summed E-state index contributed by atoms with van der Waals surface area (Å²) in [6.45, 7) is 5.75. The number of nitrogens with one attached hydrogen (secondary N) is 1. The van der Waals surface area contributed by atoms with Gasteiger partial charge >= 0.3 is 0 Å². The van der Waals surface area contributed by atoms with Crippen molar-refractivity contribution in [1.82, 2.24) is 0 Å². The first-order valence-corrected chi connectivity index (χ1v) is 8.84. The van der Waals surface area contributed by atoms with E-state index in [4.69, 9.17) is 4.74 Å². The molecule has 1 aliphatic rings. The third-order valence-electron chi connectivity index (χ3n) is 4.44. The molecule has 5 heteroatoms. The molecule has 1 heterocycles. The Morgan fingerprint density at radius 3 is 2.42 bits per heavy atom. The van der Waals surface area contributed by atoms with Crippen LogP contribution in [0.15, 0.2) is 61.2 Å². The van der Waals surface area contributed by atoms with Crippen molar-refractivity contribution in [2.75, 3.05) is 29.9 Å². The van der Waals surface area contributed by atoms with Gasteiger partial charge in [-0.1, -0.05) is 12.7 Å². The van der Waals surface area contributed by atoms with Gasteiger partial charge in [0.15, 0.2) is 0 Å². The van der Waals surface area contributed by atoms with Gasteiger partial charge in [0.05, 0.1) is 6.10 Å².